The minimum absolute atomic E-state index is 0.0833. The van der Waals surface area contributed by atoms with Gasteiger partial charge in [0.25, 0.3) is 5.91 Å². The van der Waals surface area contributed by atoms with Crippen LogP contribution in [0.4, 0.5) is 5.69 Å². The molecule has 4 rings (SSSR count). The van der Waals surface area contributed by atoms with Crippen LogP contribution in [-0.2, 0) is 12.8 Å². The molecule has 24 heavy (non-hydrogen) atoms. The first-order chi connectivity index (χ1) is 11.8. The van der Waals surface area contributed by atoms with Gasteiger partial charge in [-0.15, -0.1) is 0 Å². The van der Waals surface area contributed by atoms with E-state index in [0.717, 1.165) is 58.4 Å². The molecular weight excluding hydrogens is 300 g/mol. The van der Waals surface area contributed by atoms with Crippen molar-refractivity contribution >= 4 is 22.5 Å². The van der Waals surface area contributed by atoms with E-state index >= 15 is 0 Å². The first-order valence-corrected chi connectivity index (χ1v) is 8.12. The third kappa shape index (κ3) is 2.50. The number of aryl methyl sites for hydroxylation is 1. The summed E-state index contributed by atoms with van der Waals surface area (Å²) in [7, 11) is 1.62. The lowest BCUT2D eigenvalue weighted by Crippen LogP contribution is -2.15. The van der Waals surface area contributed by atoms with Crippen LogP contribution in [0.5, 0.6) is 5.75 Å². The van der Waals surface area contributed by atoms with Crippen molar-refractivity contribution in [3.05, 3.63) is 65.4 Å². The maximum absolute atomic E-state index is 13.0. The summed E-state index contributed by atoms with van der Waals surface area (Å²) >= 11 is 0. The Balaban J connectivity index is 1.79. The van der Waals surface area contributed by atoms with E-state index < -0.39 is 0 Å². The summed E-state index contributed by atoms with van der Waals surface area (Å²) in [6, 6.07) is 15.3. The van der Waals surface area contributed by atoms with Crippen molar-refractivity contribution in [3.63, 3.8) is 0 Å². The lowest BCUT2D eigenvalue weighted by molar-refractivity contribution is 0.102. The number of carbonyl (C=O) groups excluding carboxylic acids is 1. The van der Waals surface area contributed by atoms with Crippen molar-refractivity contribution in [1.82, 2.24) is 4.98 Å². The molecule has 1 amide bonds. The number of hydrogen-bond donors (Lipinski definition) is 1. The largest absolute Gasteiger partial charge is 0.497 e. The van der Waals surface area contributed by atoms with Gasteiger partial charge in [0.05, 0.1) is 18.2 Å². The van der Waals surface area contributed by atoms with Crippen LogP contribution in [-0.4, -0.2) is 18.0 Å². The summed E-state index contributed by atoms with van der Waals surface area (Å²) < 4.78 is 5.23. The number of hydrogen-bond acceptors (Lipinski definition) is 3. The quantitative estimate of drug-likeness (QED) is 0.794. The molecule has 0 radical (unpaired) electrons. The summed E-state index contributed by atoms with van der Waals surface area (Å²) in [5.74, 6) is 0.637. The minimum atomic E-state index is -0.0833. The fourth-order valence-electron chi connectivity index (χ4n) is 3.36. The van der Waals surface area contributed by atoms with Gasteiger partial charge >= 0.3 is 0 Å². The molecule has 1 aliphatic rings. The predicted octanol–water partition coefficient (Wildman–Crippen LogP) is 3.98. The maximum atomic E-state index is 13.0. The first-order valence-electron chi connectivity index (χ1n) is 8.12. The summed E-state index contributed by atoms with van der Waals surface area (Å²) in [4.78, 5) is 17.7. The number of ether oxygens (including phenoxy) is 1. The number of rotatable bonds is 3. The normalized spacial score (nSPS) is 12.9. The fourth-order valence-corrected chi connectivity index (χ4v) is 3.36. The molecule has 0 unspecified atom stereocenters. The molecule has 0 fully saturated rings. The molecular formula is C20H18N2O2. The molecule has 2 aromatic carbocycles. The molecule has 1 heterocycles. The Morgan fingerprint density at radius 1 is 1.12 bits per heavy atom. The van der Waals surface area contributed by atoms with Crippen LogP contribution in [0, 0.1) is 0 Å². The summed E-state index contributed by atoms with van der Waals surface area (Å²) in [5.41, 5.74) is 4.52. The van der Waals surface area contributed by atoms with Gasteiger partial charge in [0.2, 0.25) is 0 Å². The van der Waals surface area contributed by atoms with Crippen molar-refractivity contribution in [2.75, 3.05) is 12.4 Å². The van der Waals surface area contributed by atoms with Gasteiger partial charge in [-0.05, 0) is 43.0 Å². The van der Waals surface area contributed by atoms with Crippen LogP contribution in [0.3, 0.4) is 0 Å². The Morgan fingerprint density at radius 2 is 2.00 bits per heavy atom. The van der Waals surface area contributed by atoms with Crippen LogP contribution in [0.2, 0.25) is 0 Å². The van der Waals surface area contributed by atoms with Crippen LogP contribution in [0.25, 0.3) is 10.9 Å². The maximum Gasteiger partial charge on any atom is 0.256 e. The third-order valence-corrected chi connectivity index (χ3v) is 4.47. The smallest absolute Gasteiger partial charge is 0.256 e. The minimum Gasteiger partial charge on any atom is -0.497 e. The Kier molecular flexibility index (Phi) is 3.65. The van der Waals surface area contributed by atoms with Crippen LogP contribution in [0.1, 0.15) is 28.0 Å². The molecule has 0 saturated carbocycles. The predicted molar refractivity (Wildman–Crippen MR) is 94.7 cm³/mol. The number of aromatic nitrogens is 1. The number of carbonyl (C=O) groups is 1. The highest BCUT2D eigenvalue weighted by atomic mass is 16.5. The third-order valence-electron chi connectivity index (χ3n) is 4.47. The second-order valence-corrected chi connectivity index (χ2v) is 5.97. The molecule has 0 atom stereocenters. The number of methoxy groups -OCH3 is 1. The van der Waals surface area contributed by atoms with Crippen molar-refractivity contribution < 1.29 is 9.53 Å². The Labute approximate surface area is 140 Å². The van der Waals surface area contributed by atoms with E-state index in [9.17, 15) is 4.79 Å². The molecule has 1 N–H and O–H groups in total. The number of benzene rings is 2. The molecule has 1 aliphatic carbocycles. The van der Waals surface area contributed by atoms with Gasteiger partial charge in [-0.2, -0.15) is 0 Å². The number of nitrogens with zero attached hydrogens (tertiary/aromatic N) is 1. The number of amides is 1. The topological polar surface area (TPSA) is 51.2 Å². The Hall–Kier alpha value is -2.88. The van der Waals surface area contributed by atoms with Crippen LogP contribution < -0.4 is 10.1 Å². The van der Waals surface area contributed by atoms with E-state index in [0.29, 0.717) is 0 Å². The molecule has 0 aliphatic heterocycles. The lowest BCUT2D eigenvalue weighted by Gasteiger charge is -2.13. The van der Waals surface area contributed by atoms with Gasteiger partial charge in [-0.3, -0.25) is 9.78 Å². The molecule has 0 spiro atoms. The average Bonchev–Trinajstić information content (AvgIpc) is 3.07. The Morgan fingerprint density at radius 3 is 2.88 bits per heavy atom. The van der Waals surface area contributed by atoms with Gasteiger partial charge in [-0.25, -0.2) is 0 Å². The van der Waals surface area contributed by atoms with E-state index in [2.05, 4.69) is 5.32 Å². The highest BCUT2D eigenvalue weighted by molar-refractivity contribution is 6.13. The van der Waals surface area contributed by atoms with Crippen molar-refractivity contribution in [2.24, 2.45) is 0 Å². The summed E-state index contributed by atoms with van der Waals surface area (Å²) in [6.45, 7) is 0. The van der Waals surface area contributed by atoms with Gasteiger partial charge in [-0.1, -0.05) is 24.3 Å². The molecule has 4 nitrogen and oxygen atoms in total. The number of fused-ring (bicyclic) bond motifs is 2. The van der Waals surface area contributed by atoms with E-state index in [1.54, 1.807) is 7.11 Å². The summed E-state index contributed by atoms with van der Waals surface area (Å²) in [6.07, 6.45) is 2.91. The van der Waals surface area contributed by atoms with Gasteiger partial charge < -0.3 is 10.1 Å². The summed E-state index contributed by atoms with van der Waals surface area (Å²) in [5, 5.41) is 3.92. The zero-order valence-corrected chi connectivity index (χ0v) is 13.5. The van der Waals surface area contributed by atoms with E-state index in [1.165, 1.54) is 0 Å². The first kappa shape index (κ1) is 14.7. The van der Waals surface area contributed by atoms with Crippen molar-refractivity contribution in [3.8, 4) is 5.75 Å². The molecule has 4 heteroatoms. The number of nitrogens with one attached hydrogen (secondary N) is 1. The number of pyridine rings is 1. The Bertz CT molecular complexity index is 934. The van der Waals surface area contributed by atoms with E-state index in [4.69, 9.17) is 9.72 Å². The fraction of sp³-hybridized carbons (Fsp3) is 0.200. The second kappa shape index (κ2) is 5.96. The average molecular weight is 318 g/mol. The number of anilines is 1. The SMILES string of the molecule is COc1cccc(NC(=O)c2c3c(nc4ccccc24)CCC3)c1. The van der Waals surface area contributed by atoms with E-state index in [1.807, 2.05) is 48.5 Å². The van der Waals surface area contributed by atoms with Gasteiger partial charge in [0.1, 0.15) is 5.75 Å². The van der Waals surface area contributed by atoms with Crippen molar-refractivity contribution in [1.29, 1.82) is 0 Å². The molecule has 0 saturated heterocycles. The van der Waals surface area contributed by atoms with Gasteiger partial charge in [0.15, 0.2) is 0 Å². The molecule has 120 valence electrons. The van der Waals surface area contributed by atoms with E-state index in [-0.39, 0.29) is 5.91 Å². The molecule has 0 bridgehead atoms. The monoisotopic (exact) mass is 318 g/mol. The van der Waals surface area contributed by atoms with Crippen molar-refractivity contribution in [2.45, 2.75) is 19.3 Å². The zero-order valence-electron chi connectivity index (χ0n) is 13.5. The van der Waals surface area contributed by atoms with Crippen LogP contribution in [0.15, 0.2) is 48.5 Å². The standard InChI is InChI=1S/C20H18N2O2/c1-24-14-7-4-6-13(12-14)21-20(23)19-15-8-2-3-10-17(15)22-18-11-5-9-16(18)19/h2-4,6-8,10,12H,5,9,11H2,1H3,(H,21,23). The lowest BCUT2D eigenvalue weighted by atomic mass is 10.0. The van der Waals surface area contributed by atoms with Crippen LogP contribution >= 0.6 is 0 Å². The zero-order chi connectivity index (χ0) is 16.5. The molecule has 1 aromatic heterocycles. The molecule has 3 aromatic rings. The number of para-hydroxylation sites is 1. The van der Waals surface area contributed by atoms with Gasteiger partial charge in [0, 0.05) is 22.8 Å². The second-order valence-electron chi connectivity index (χ2n) is 5.97. The highest BCUT2D eigenvalue weighted by Crippen LogP contribution is 2.30. The highest BCUT2D eigenvalue weighted by Gasteiger charge is 2.23.